The molecule has 0 heterocycles. The molecule has 3 aromatic rings. The fourth-order valence-corrected chi connectivity index (χ4v) is 3.70. The number of halogens is 1. The SMILES string of the molecule is COc1ccc(-c2cc(C(=O)O)ccc2C)cc1CNC(=O)c1ccc(OC(C)C)cc1Cl. The number of hydrogen-bond donors (Lipinski definition) is 2. The second-order valence-corrected chi connectivity index (χ2v) is 8.26. The Morgan fingerprint density at radius 2 is 1.82 bits per heavy atom. The summed E-state index contributed by atoms with van der Waals surface area (Å²) in [6.45, 7) is 5.94. The van der Waals surface area contributed by atoms with Crippen molar-refractivity contribution in [1.82, 2.24) is 5.32 Å². The van der Waals surface area contributed by atoms with Gasteiger partial charge in [-0.2, -0.15) is 0 Å². The first kappa shape index (κ1) is 24.1. The van der Waals surface area contributed by atoms with Gasteiger partial charge in [0.15, 0.2) is 0 Å². The van der Waals surface area contributed by atoms with Crippen LogP contribution in [0.5, 0.6) is 11.5 Å². The number of amides is 1. The zero-order chi connectivity index (χ0) is 24.1. The van der Waals surface area contributed by atoms with Crippen LogP contribution >= 0.6 is 11.6 Å². The summed E-state index contributed by atoms with van der Waals surface area (Å²) in [4.78, 5) is 24.1. The molecule has 0 fully saturated rings. The minimum absolute atomic E-state index is 0.000290. The third-order valence-electron chi connectivity index (χ3n) is 5.07. The lowest BCUT2D eigenvalue weighted by molar-refractivity contribution is 0.0696. The molecule has 0 spiro atoms. The number of aromatic carboxylic acids is 1. The molecule has 0 aliphatic heterocycles. The molecule has 7 heteroatoms. The maximum Gasteiger partial charge on any atom is 0.335 e. The average Bonchev–Trinajstić information content (AvgIpc) is 2.77. The lowest BCUT2D eigenvalue weighted by Gasteiger charge is -2.15. The van der Waals surface area contributed by atoms with E-state index in [0.717, 1.165) is 22.3 Å². The molecule has 0 bridgehead atoms. The van der Waals surface area contributed by atoms with E-state index in [9.17, 15) is 14.7 Å². The second-order valence-electron chi connectivity index (χ2n) is 7.85. The van der Waals surface area contributed by atoms with E-state index in [2.05, 4.69) is 5.32 Å². The number of aryl methyl sites for hydroxylation is 1. The quantitative estimate of drug-likeness (QED) is 0.441. The minimum atomic E-state index is -0.987. The Bertz CT molecular complexity index is 1190. The number of ether oxygens (including phenoxy) is 2. The van der Waals surface area contributed by atoms with E-state index in [1.165, 1.54) is 0 Å². The summed E-state index contributed by atoms with van der Waals surface area (Å²) in [6, 6.07) is 15.5. The number of methoxy groups -OCH3 is 1. The Morgan fingerprint density at radius 3 is 2.45 bits per heavy atom. The molecule has 3 rings (SSSR count). The zero-order valence-electron chi connectivity index (χ0n) is 18.9. The average molecular weight is 468 g/mol. The van der Waals surface area contributed by atoms with Crippen LogP contribution in [-0.2, 0) is 6.54 Å². The maximum absolute atomic E-state index is 12.8. The summed E-state index contributed by atoms with van der Waals surface area (Å²) in [5.74, 6) is -0.107. The fourth-order valence-electron chi connectivity index (χ4n) is 3.45. The van der Waals surface area contributed by atoms with Crippen LogP contribution in [0.15, 0.2) is 54.6 Å². The van der Waals surface area contributed by atoms with E-state index in [4.69, 9.17) is 21.1 Å². The summed E-state index contributed by atoms with van der Waals surface area (Å²) < 4.78 is 11.1. The van der Waals surface area contributed by atoms with Crippen molar-refractivity contribution >= 4 is 23.5 Å². The lowest BCUT2D eigenvalue weighted by atomic mass is 9.96. The number of carboxylic acids is 1. The van der Waals surface area contributed by atoms with Gasteiger partial charge in [-0.25, -0.2) is 4.79 Å². The van der Waals surface area contributed by atoms with Crippen LogP contribution in [0.25, 0.3) is 11.1 Å². The van der Waals surface area contributed by atoms with Crippen molar-refractivity contribution in [2.45, 2.75) is 33.4 Å². The molecule has 172 valence electrons. The second kappa shape index (κ2) is 10.4. The molecule has 3 aromatic carbocycles. The molecule has 6 nitrogen and oxygen atoms in total. The van der Waals surface area contributed by atoms with Crippen LogP contribution in [0.2, 0.25) is 5.02 Å². The first-order valence-corrected chi connectivity index (χ1v) is 10.8. The Morgan fingerprint density at radius 1 is 1.06 bits per heavy atom. The fraction of sp³-hybridized carbons (Fsp3) is 0.231. The third kappa shape index (κ3) is 5.84. The minimum Gasteiger partial charge on any atom is -0.496 e. The molecule has 33 heavy (non-hydrogen) atoms. The highest BCUT2D eigenvalue weighted by atomic mass is 35.5. The van der Waals surface area contributed by atoms with Gasteiger partial charge in [0.2, 0.25) is 0 Å². The number of carboxylic acid groups (broad SMARTS) is 1. The number of carbonyl (C=O) groups is 2. The van der Waals surface area contributed by atoms with Gasteiger partial charge in [0.1, 0.15) is 11.5 Å². The molecule has 0 radical (unpaired) electrons. The molecule has 0 saturated carbocycles. The molecule has 0 unspecified atom stereocenters. The molecule has 0 aliphatic carbocycles. The van der Waals surface area contributed by atoms with Gasteiger partial charge in [-0.05, 0) is 79.9 Å². The van der Waals surface area contributed by atoms with Crippen LogP contribution in [0.4, 0.5) is 0 Å². The van der Waals surface area contributed by atoms with Crippen molar-refractivity contribution in [3.8, 4) is 22.6 Å². The first-order valence-electron chi connectivity index (χ1n) is 10.4. The smallest absolute Gasteiger partial charge is 0.335 e. The molecule has 0 saturated heterocycles. The molecule has 2 N–H and O–H groups in total. The molecule has 0 aliphatic rings. The number of rotatable bonds is 8. The summed E-state index contributed by atoms with van der Waals surface area (Å²) in [5.41, 5.74) is 3.87. The Balaban J connectivity index is 1.84. The Kier molecular flexibility index (Phi) is 7.61. The van der Waals surface area contributed by atoms with Gasteiger partial charge >= 0.3 is 5.97 Å². The largest absolute Gasteiger partial charge is 0.496 e. The molecular formula is C26H26ClNO5. The summed E-state index contributed by atoms with van der Waals surface area (Å²) >= 11 is 6.30. The van der Waals surface area contributed by atoms with E-state index in [-0.39, 0.29) is 24.1 Å². The standard InChI is InChI=1S/C26H26ClNO5/c1-15(2)33-20-8-9-21(23(27)13-20)25(29)28-14-19-11-17(7-10-24(19)32-4)22-12-18(26(30)31)6-5-16(22)3/h5-13,15H,14H2,1-4H3,(H,28,29)(H,30,31). The number of hydrogen-bond acceptors (Lipinski definition) is 4. The summed E-state index contributed by atoms with van der Waals surface area (Å²) in [7, 11) is 1.56. The Labute approximate surface area is 198 Å². The van der Waals surface area contributed by atoms with Gasteiger partial charge in [0.05, 0.1) is 29.4 Å². The molecule has 1 amide bonds. The maximum atomic E-state index is 12.8. The van der Waals surface area contributed by atoms with E-state index in [1.54, 1.807) is 49.6 Å². The van der Waals surface area contributed by atoms with Gasteiger partial charge in [-0.3, -0.25) is 4.79 Å². The van der Waals surface area contributed by atoms with Crippen molar-refractivity contribution in [2.75, 3.05) is 7.11 Å². The first-order chi connectivity index (χ1) is 15.7. The van der Waals surface area contributed by atoms with Crippen LogP contribution in [0, 0.1) is 6.92 Å². The van der Waals surface area contributed by atoms with Crippen LogP contribution in [0.3, 0.4) is 0 Å². The van der Waals surface area contributed by atoms with Gasteiger partial charge < -0.3 is 19.9 Å². The Hall–Kier alpha value is -3.51. The number of nitrogens with one attached hydrogen (secondary N) is 1. The number of benzene rings is 3. The highest BCUT2D eigenvalue weighted by Crippen LogP contribution is 2.30. The predicted molar refractivity (Wildman–Crippen MR) is 129 cm³/mol. The van der Waals surface area contributed by atoms with Gasteiger partial charge in [0.25, 0.3) is 5.91 Å². The van der Waals surface area contributed by atoms with Crippen molar-refractivity contribution < 1.29 is 24.2 Å². The van der Waals surface area contributed by atoms with Crippen molar-refractivity contribution in [3.05, 3.63) is 81.9 Å². The van der Waals surface area contributed by atoms with Crippen molar-refractivity contribution in [2.24, 2.45) is 0 Å². The summed E-state index contributed by atoms with van der Waals surface area (Å²) in [6.07, 6.45) is 0.000290. The van der Waals surface area contributed by atoms with E-state index in [0.29, 0.717) is 22.1 Å². The summed E-state index contributed by atoms with van der Waals surface area (Å²) in [5, 5.41) is 12.5. The molecule has 0 aromatic heterocycles. The van der Waals surface area contributed by atoms with Crippen LogP contribution < -0.4 is 14.8 Å². The van der Waals surface area contributed by atoms with Gasteiger partial charge in [-0.1, -0.05) is 23.7 Å². The zero-order valence-corrected chi connectivity index (χ0v) is 19.7. The van der Waals surface area contributed by atoms with E-state index >= 15 is 0 Å². The van der Waals surface area contributed by atoms with Crippen LogP contribution in [0.1, 0.15) is 45.7 Å². The van der Waals surface area contributed by atoms with Gasteiger partial charge in [-0.15, -0.1) is 0 Å². The lowest BCUT2D eigenvalue weighted by Crippen LogP contribution is -2.23. The van der Waals surface area contributed by atoms with Crippen molar-refractivity contribution in [3.63, 3.8) is 0 Å². The number of carbonyl (C=O) groups excluding carboxylic acids is 1. The van der Waals surface area contributed by atoms with Crippen LogP contribution in [-0.4, -0.2) is 30.2 Å². The molecule has 0 atom stereocenters. The predicted octanol–water partition coefficient (Wildman–Crippen LogP) is 5.74. The topological polar surface area (TPSA) is 84.9 Å². The highest BCUT2D eigenvalue weighted by molar-refractivity contribution is 6.34. The van der Waals surface area contributed by atoms with E-state index in [1.807, 2.05) is 32.9 Å². The molecular weight excluding hydrogens is 442 g/mol. The normalized spacial score (nSPS) is 10.7. The highest BCUT2D eigenvalue weighted by Gasteiger charge is 2.15. The van der Waals surface area contributed by atoms with Gasteiger partial charge in [0, 0.05) is 12.1 Å². The van der Waals surface area contributed by atoms with Crippen molar-refractivity contribution in [1.29, 1.82) is 0 Å². The third-order valence-corrected chi connectivity index (χ3v) is 5.38. The monoisotopic (exact) mass is 467 g/mol. The van der Waals surface area contributed by atoms with E-state index < -0.39 is 5.97 Å².